The minimum Gasteiger partial charge on any atom is -0.361 e. The summed E-state index contributed by atoms with van der Waals surface area (Å²) in [5, 5.41) is 4.90. The van der Waals surface area contributed by atoms with Crippen molar-refractivity contribution in [3.8, 4) is 0 Å². The van der Waals surface area contributed by atoms with Crippen molar-refractivity contribution in [3.05, 3.63) is 65.3 Å². The minimum absolute atomic E-state index is 0.0476. The molecule has 0 unspecified atom stereocenters. The lowest BCUT2D eigenvalue weighted by atomic mass is 10.1. The van der Waals surface area contributed by atoms with Crippen LogP contribution in [0, 0.1) is 0 Å². The van der Waals surface area contributed by atoms with E-state index < -0.39 is 0 Å². The van der Waals surface area contributed by atoms with E-state index >= 15 is 0 Å². The molecule has 2 N–H and O–H groups in total. The lowest BCUT2D eigenvalue weighted by molar-refractivity contribution is 0.148. The third-order valence-electron chi connectivity index (χ3n) is 5.13. The van der Waals surface area contributed by atoms with Gasteiger partial charge in [0.1, 0.15) is 0 Å². The number of nitrogens with zero attached hydrogens (tertiary/aromatic N) is 2. The molecular formula is C21H23ClN4O. The fourth-order valence-corrected chi connectivity index (χ4v) is 3.65. The molecule has 2 amide bonds. The van der Waals surface area contributed by atoms with Crippen molar-refractivity contribution in [1.29, 1.82) is 0 Å². The molecule has 4 rings (SSSR count). The highest BCUT2D eigenvalue weighted by molar-refractivity contribution is 6.30. The van der Waals surface area contributed by atoms with Crippen molar-refractivity contribution >= 4 is 34.2 Å². The van der Waals surface area contributed by atoms with E-state index in [1.807, 2.05) is 17.0 Å². The van der Waals surface area contributed by atoms with Crippen molar-refractivity contribution < 1.29 is 4.79 Å². The first-order chi connectivity index (χ1) is 13.2. The fourth-order valence-electron chi connectivity index (χ4n) is 3.53. The van der Waals surface area contributed by atoms with Gasteiger partial charge in [0, 0.05) is 60.5 Å². The van der Waals surface area contributed by atoms with Gasteiger partial charge in [-0.3, -0.25) is 4.90 Å². The second kappa shape index (κ2) is 8.03. The average Bonchev–Trinajstić information content (AvgIpc) is 3.12. The third kappa shape index (κ3) is 4.26. The summed E-state index contributed by atoms with van der Waals surface area (Å²) in [5.74, 6) is 0. The Morgan fingerprint density at radius 2 is 1.78 bits per heavy atom. The molecule has 140 valence electrons. The maximum Gasteiger partial charge on any atom is 0.321 e. The summed E-state index contributed by atoms with van der Waals surface area (Å²) in [6.45, 7) is 4.29. The molecule has 1 aromatic heterocycles. The number of urea groups is 1. The molecule has 3 aromatic rings. The van der Waals surface area contributed by atoms with E-state index in [1.165, 1.54) is 16.5 Å². The van der Waals surface area contributed by atoms with Crippen LogP contribution in [0.4, 0.5) is 10.5 Å². The van der Waals surface area contributed by atoms with Crippen LogP contribution in [0.2, 0.25) is 5.02 Å². The highest BCUT2D eigenvalue weighted by Crippen LogP contribution is 2.19. The molecule has 5 nitrogen and oxygen atoms in total. The van der Waals surface area contributed by atoms with E-state index in [4.69, 9.17) is 11.6 Å². The summed E-state index contributed by atoms with van der Waals surface area (Å²) >= 11 is 5.88. The van der Waals surface area contributed by atoms with E-state index in [2.05, 4.69) is 45.7 Å². The summed E-state index contributed by atoms with van der Waals surface area (Å²) in [6.07, 6.45) is 3.13. The van der Waals surface area contributed by atoms with Crippen LogP contribution in [0.1, 0.15) is 5.56 Å². The van der Waals surface area contributed by atoms with E-state index in [1.54, 1.807) is 12.1 Å². The lowest BCUT2D eigenvalue weighted by Crippen LogP contribution is -2.50. The van der Waals surface area contributed by atoms with E-state index in [0.29, 0.717) is 5.02 Å². The molecule has 0 radical (unpaired) electrons. The van der Waals surface area contributed by atoms with Crippen molar-refractivity contribution in [1.82, 2.24) is 14.8 Å². The van der Waals surface area contributed by atoms with Crippen molar-refractivity contribution in [2.75, 3.05) is 38.0 Å². The number of H-pyrrole nitrogens is 1. The second-order valence-corrected chi connectivity index (χ2v) is 7.31. The van der Waals surface area contributed by atoms with E-state index in [0.717, 1.165) is 44.8 Å². The van der Waals surface area contributed by atoms with Gasteiger partial charge in [-0.05, 0) is 42.3 Å². The third-order valence-corrected chi connectivity index (χ3v) is 5.38. The summed E-state index contributed by atoms with van der Waals surface area (Å²) in [5.41, 5.74) is 3.32. The van der Waals surface area contributed by atoms with Gasteiger partial charge >= 0.3 is 6.03 Å². The van der Waals surface area contributed by atoms with Gasteiger partial charge in [-0.2, -0.15) is 0 Å². The van der Waals surface area contributed by atoms with Gasteiger partial charge in [-0.1, -0.05) is 29.8 Å². The maximum atomic E-state index is 12.4. The number of nitrogens with one attached hydrogen (secondary N) is 2. The summed E-state index contributed by atoms with van der Waals surface area (Å²) in [7, 11) is 0. The van der Waals surface area contributed by atoms with Crippen LogP contribution in [-0.4, -0.2) is 53.5 Å². The number of fused-ring (bicyclic) bond motifs is 1. The first-order valence-electron chi connectivity index (χ1n) is 9.28. The van der Waals surface area contributed by atoms with E-state index in [9.17, 15) is 4.79 Å². The number of hydrogen-bond donors (Lipinski definition) is 2. The lowest BCUT2D eigenvalue weighted by Gasteiger charge is -2.34. The number of carbonyl (C=O) groups is 1. The second-order valence-electron chi connectivity index (χ2n) is 6.88. The SMILES string of the molecule is O=C(Nc1ccc(Cl)cc1)N1CCN(CCc2c[nH]c3ccccc23)CC1. The molecule has 0 spiro atoms. The summed E-state index contributed by atoms with van der Waals surface area (Å²) in [4.78, 5) is 20.0. The number of halogens is 1. The van der Waals surface area contributed by atoms with Gasteiger partial charge in [-0.15, -0.1) is 0 Å². The number of piperazine rings is 1. The van der Waals surface area contributed by atoms with Gasteiger partial charge in [0.05, 0.1) is 0 Å². The predicted octanol–water partition coefficient (Wildman–Crippen LogP) is 4.21. The first-order valence-corrected chi connectivity index (χ1v) is 9.66. The number of hydrogen-bond acceptors (Lipinski definition) is 2. The van der Waals surface area contributed by atoms with Crippen LogP contribution in [-0.2, 0) is 6.42 Å². The molecular weight excluding hydrogens is 360 g/mol. The van der Waals surface area contributed by atoms with Crippen LogP contribution in [0.25, 0.3) is 10.9 Å². The number of carbonyl (C=O) groups excluding carboxylic acids is 1. The van der Waals surface area contributed by atoms with Crippen LogP contribution in [0.5, 0.6) is 0 Å². The van der Waals surface area contributed by atoms with Gasteiger partial charge in [0.25, 0.3) is 0 Å². The zero-order valence-corrected chi connectivity index (χ0v) is 15.9. The number of benzene rings is 2. The van der Waals surface area contributed by atoms with Crippen LogP contribution in [0.15, 0.2) is 54.7 Å². The Hall–Kier alpha value is -2.50. The van der Waals surface area contributed by atoms with Gasteiger partial charge < -0.3 is 15.2 Å². The molecule has 0 bridgehead atoms. The Labute approximate surface area is 163 Å². The smallest absolute Gasteiger partial charge is 0.321 e. The normalized spacial score (nSPS) is 15.2. The summed E-state index contributed by atoms with van der Waals surface area (Å²) in [6, 6.07) is 15.6. The standard InChI is InChI=1S/C21H23ClN4O/c22-17-5-7-18(8-6-17)24-21(27)26-13-11-25(12-14-26)10-9-16-15-23-20-4-2-1-3-19(16)20/h1-8,15,23H,9-14H2,(H,24,27). The van der Waals surface area contributed by atoms with Gasteiger partial charge in [-0.25, -0.2) is 4.79 Å². The Bertz CT molecular complexity index is 913. The van der Waals surface area contributed by atoms with Crippen molar-refractivity contribution in [2.45, 2.75) is 6.42 Å². The molecule has 1 saturated heterocycles. The molecule has 0 aliphatic carbocycles. The molecule has 0 saturated carbocycles. The van der Waals surface area contributed by atoms with Gasteiger partial charge in [0.15, 0.2) is 0 Å². The molecule has 1 aliphatic rings. The van der Waals surface area contributed by atoms with Crippen molar-refractivity contribution in [2.24, 2.45) is 0 Å². The van der Waals surface area contributed by atoms with Crippen LogP contribution < -0.4 is 5.32 Å². The Morgan fingerprint density at radius 3 is 2.56 bits per heavy atom. The Balaban J connectivity index is 1.26. The zero-order chi connectivity index (χ0) is 18.6. The first kappa shape index (κ1) is 17.9. The zero-order valence-electron chi connectivity index (χ0n) is 15.1. The van der Waals surface area contributed by atoms with Crippen molar-refractivity contribution in [3.63, 3.8) is 0 Å². The summed E-state index contributed by atoms with van der Waals surface area (Å²) < 4.78 is 0. The number of aromatic nitrogens is 1. The number of amides is 2. The average molecular weight is 383 g/mol. The molecule has 2 aromatic carbocycles. The van der Waals surface area contributed by atoms with Crippen LogP contribution in [0.3, 0.4) is 0 Å². The topological polar surface area (TPSA) is 51.4 Å². The largest absolute Gasteiger partial charge is 0.361 e. The highest BCUT2D eigenvalue weighted by atomic mass is 35.5. The number of para-hydroxylation sites is 1. The molecule has 27 heavy (non-hydrogen) atoms. The minimum atomic E-state index is -0.0476. The molecule has 1 aliphatic heterocycles. The Morgan fingerprint density at radius 1 is 1.04 bits per heavy atom. The highest BCUT2D eigenvalue weighted by Gasteiger charge is 2.21. The van der Waals surface area contributed by atoms with Gasteiger partial charge in [0.2, 0.25) is 0 Å². The quantitative estimate of drug-likeness (QED) is 0.710. The monoisotopic (exact) mass is 382 g/mol. The maximum absolute atomic E-state index is 12.4. The number of rotatable bonds is 4. The molecule has 6 heteroatoms. The number of anilines is 1. The Kier molecular flexibility index (Phi) is 5.32. The molecule has 2 heterocycles. The fraction of sp³-hybridized carbons (Fsp3) is 0.286. The predicted molar refractivity (Wildman–Crippen MR) is 110 cm³/mol. The molecule has 1 fully saturated rings. The number of aromatic amines is 1. The van der Waals surface area contributed by atoms with Crippen LogP contribution >= 0.6 is 11.6 Å². The molecule has 0 atom stereocenters. The van der Waals surface area contributed by atoms with E-state index in [-0.39, 0.29) is 6.03 Å².